The van der Waals surface area contributed by atoms with E-state index >= 15 is 0 Å². The lowest BCUT2D eigenvalue weighted by molar-refractivity contribution is -0.116. The number of para-hydroxylation sites is 1. The summed E-state index contributed by atoms with van der Waals surface area (Å²) in [6.07, 6.45) is 1.90. The lowest BCUT2D eigenvalue weighted by atomic mass is 10.3. The molecule has 0 saturated carbocycles. The van der Waals surface area contributed by atoms with Crippen molar-refractivity contribution in [3.8, 4) is 5.75 Å². The van der Waals surface area contributed by atoms with Crippen LogP contribution in [0.4, 0.5) is 5.69 Å². The van der Waals surface area contributed by atoms with Crippen LogP contribution in [-0.4, -0.2) is 45.1 Å². The van der Waals surface area contributed by atoms with Crippen LogP contribution in [0.5, 0.6) is 5.75 Å². The van der Waals surface area contributed by atoms with Crippen molar-refractivity contribution in [2.24, 2.45) is 0 Å². The summed E-state index contributed by atoms with van der Waals surface area (Å²) >= 11 is 7.44. The van der Waals surface area contributed by atoms with Crippen molar-refractivity contribution in [2.75, 3.05) is 31.8 Å². The number of carbonyl (C=O) groups excluding carboxylic acids is 1. The molecule has 0 fully saturated rings. The molecule has 9 heteroatoms. The highest BCUT2D eigenvalue weighted by atomic mass is 35.5. The van der Waals surface area contributed by atoms with E-state index in [2.05, 4.69) is 5.32 Å². The molecule has 0 aliphatic rings. The van der Waals surface area contributed by atoms with Crippen molar-refractivity contribution in [2.45, 2.75) is 16.7 Å². The van der Waals surface area contributed by atoms with Crippen molar-refractivity contribution >= 4 is 45.0 Å². The smallest absolute Gasteiger partial charge is 0.247 e. The van der Waals surface area contributed by atoms with Crippen LogP contribution < -0.4 is 10.1 Å². The van der Waals surface area contributed by atoms with Gasteiger partial charge in [-0.15, -0.1) is 11.8 Å². The number of nitrogens with one attached hydrogen (secondary N) is 1. The lowest BCUT2D eigenvalue weighted by Gasteiger charge is -2.19. The van der Waals surface area contributed by atoms with Gasteiger partial charge < -0.3 is 10.1 Å². The number of benzene rings is 2. The molecular formula is C18H21ClN2O4S2. The Hall–Kier alpha value is -1.74. The number of ether oxygens (including phenoxy) is 1. The summed E-state index contributed by atoms with van der Waals surface area (Å²) in [5, 5.41) is 3.01. The molecule has 0 bridgehead atoms. The fraction of sp³-hybridized carbons (Fsp3) is 0.278. The maximum Gasteiger partial charge on any atom is 0.247 e. The number of amides is 1. The third-order valence-corrected chi connectivity index (χ3v) is 6.50. The summed E-state index contributed by atoms with van der Waals surface area (Å²) < 4.78 is 32.2. The first-order valence-electron chi connectivity index (χ1n) is 8.11. The van der Waals surface area contributed by atoms with Gasteiger partial charge in [0.1, 0.15) is 10.6 Å². The van der Waals surface area contributed by atoms with Crippen LogP contribution in [0.3, 0.4) is 0 Å². The Kier molecular flexibility index (Phi) is 7.55. The molecule has 1 amide bonds. The maximum absolute atomic E-state index is 12.9. The molecule has 0 atom stereocenters. The number of likely N-dealkylation sites (N-methyl/N-ethyl adjacent to an activating group) is 1. The van der Waals surface area contributed by atoms with Gasteiger partial charge in [-0.05, 0) is 43.5 Å². The van der Waals surface area contributed by atoms with Crippen LogP contribution in [-0.2, 0) is 14.8 Å². The Balaban J connectivity index is 2.20. The number of thioether (sulfide) groups is 1. The molecule has 0 heterocycles. The van der Waals surface area contributed by atoms with Gasteiger partial charge in [-0.3, -0.25) is 4.79 Å². The van der Waals surface area contributed by atoms with E-state index in [1.54, 1.807) is 25.1 Å². The van der Waals surface area contributed by atoms with Crippen molar-refractivity contribution in [3.05, 3.63) is 47.5 Å². The van der Waals surface area contributed by atoms with Gasteiger partial charge >= 0.3 is 0 Å². The summed E-state index contributed by atoms with van der Waals surface area (Å²) in [6.45, 7) is 1.72. The minimum atomic E-state index is -3.96. The Labute approximate surface area is 168 Å². The second kappa shape index (κ2) is 9.45. The van der Waals surface area contributed by atoms with Gasteiger partial charge in [-0.2, -0.15) is 4.31 Å². The molecule has 146 valence electrons. The third kappa shape index (κ3) is 5.38. The Morgan fingerprint density at radius 1 is 1.26 bits per heavy atom. The Morgan fingerprint density at radius 2 is 1.96 bits per heavy atom. The van der Waals surface area contributed by atoms with Gasteiger partial charge in [0.15, 0.2) is 0 Å². The fourth-order valence-electron chi connectivity index (χ4n) is 2.35. The monoisotopic (exact) mass is 428 g/mol. The number of sulfonamides is 1. The molecule has 2 aromatic rings. The van der Waals surface area contributed by atoms with E-state index in [-0.39, 0.29) is 22.2 Å². The molecule has 0 spiro atoms. The number of anilines is 1. The molecule has 0 aromatic heterocycles. The topological polar surface area (TPSA) is 75.7 Å². The average molecular weight is 429 g/mol. The van der Waals surface area contributed by atoms with E-state index < -0.39 is 15.9 Å². The highest BCUT2D eigenvalue weighted by Gasteiger charge is 2.27. The molecule has 0 saturated heterocycles. The number of nitrogens with zero attached hydrogens (tertiary/aromatic N) is 1. The minimum Gasteiger partial charge on any atom is -0.492 e. The standard InChI is InChI=1S/C18H21ClN2O4S2/c1-4-25-15-10-9-13(19)11-17(15)27(23,24)21(2)12-18(22)20-14-7-5-6-8-16(14)26-3/h5-11H,4,12H2,1-3H3,(H,20,22). The van der Waals surface area contributed by atoms with Crippen molar-refractivity contribution in [1.82, 2.24) is 4.31 Å². The summed E-state index contributed by atoms with van der Waals surface area (Å²) in [7, 11) is -2.62. The predicted octanol–water partition coefficient (Wildman–Crippen LogP) is 3.72. The molecule has 2 rings (SSSR count). The molecule has 6 nitrogen and oxygen atoms in total. The average Bonchev–Trinajstić information content (AvgIpc) is 2.63. The van der Waals surface area contributed by atoms with Crippen molar-refractivity contribution in [3.63, 3.8) is 0 Å². The summed E-state index contributed by atoms with van der Waals surface area (Å²) in [5.74, 6) is -0.246. The molecular weight excluding hydrogens is 408 g/mol. The normalized spacial score (nSPS) is 11.4. The summed E-state index contributed by atoms with van der Waals surface area (Å²) in [5.41, 5.74) is 0.638. The number of hydrogen-bond acceptors (Lipinski definition) is 5. The molecule has 0 unspecified atom stereocenters. The maximum atomic E-state index is 12.9. The summed E-state index contributed by atoms with van der Waals surface area (Å²) in [6, 6.07) is 11.7. The van der Waals surface area contributed by atoms with Crippen LogP contribution in [0.15, 0.2) is 52.3 Å². The zero-order valence-corrected chi connectivity index (χ0v) is 17.6. The van der Waals surface area contributed by atoms with E-state index in [0.29, 0.717) is 12.3 Å². The molecule has 2 aromatic carbocycles. The van der Waals surface area contributed by atoms with E-state index in [9.17, 15) is 13.2 Å². The SMILES string of the molecule is CCOc1ccc(Cl)cc1S(=O)(=O)N(C)CC(=O)Nc1ccccc1SC. The summed E-state index contributed by atoms with van der Waals surface area (Å²) in [4.78, 5) is 13.2. The molecule has 0 aliphatic heterocycles. The number of rotatable bonds is 8. The quantitative estimate of drug-likeness (QED) is 0.648. The van der Waals surface area contributed by atoms with E-state index in [0.717, 1.165) is 9.20 Å². The first kappa shape index (κ1) is 21.6. The first-order valence-corrected chi connectivity index (χ1v) is 11.2. The van der Waals surface area contributed by atoms with Gasteiger partial charge in [0.05, 0.1) is 18.8 Å². The minimum absolute atomic E-state index is 0.0725. The second-order valence-corrected chi connectivity index (χ2v) is 8.83. The van der Waals surface area contributed by atoms with Crippen LogP contribution in [0.25, 0.3) is 0 Å². The van der Waals surface area contributed by atoms with Gasteiger partial charge in [0, 0.05) is 17.0 Å². The van der Waals surface area contributed by atoms with Gasteiger partial charge in [-0.25, -0.2) is 8.42 Å². The van der Waals surface area contributed by atoms with Gasteiger partial charge in [0.2, 0.25) is 15.9 Å². The van der Waals surface area contributed by atoms with Crippen molar-refractivity contribution in [1.29, 1.82) is 0 Å². The van der Waals surface area contributed by atoms with Crippen LogP contribution in [0.2, 0.25) is 5.02 Å². The zero-order chi connectivity index (χ0) is 20.0. The fourth-order valence-corrected chi connectivity index (χ4v) is 4.42. The predicted molar refractivity (Wildman–Crippen MR) is 109 cm³/mol. The Morgan fingerprint density at radius 3 is 2.63 bits per heavy atom. The molecule has 0 radical (unpaired) electrons. The van der Waals surface area contributed by atoms with Crippen LogP contribution in [0, 0.1) is 0 Å². The molecule has 1 N–H and O–H groups in total. The van der Waals surface area contributed by atoms with Gasteiger partial charge in [-0.1, -0.05) is 23.7 Å². The lowest BCUT2D eigenvalue weighted by Crippen LogP contribution is -2.35. The highest BCUT2D eigenvalue weighted by molar-refractivity contribution is 7.98. The second-order valence-electron chi connectivity index (χ2n) is 5.53. The first-order chi connectivity index (χ1) is 12.8. The molecule has 27 heavy (non-hydrogen) atoms. The third-order valence-electron chi connectivity index (χ3n) is 3.64. The zero-order valence-electron chi connectivity index (χ0n) is 15.2. The van der Waals surface area contributed by atoms with E-state index in [4.69, 9.17) is 16.3 Å². The van der Waals surface area contributed by atoms with Crippen LogP contribution in [0.1, 0.15) is 6.92 Å². The van der Waals surface area contributed by atoms with E-state index in [1.165, 1.54) is 30.9 Å². The number of hydrogen-bond donors (Lipinski definition) is 1. The van der Waals surface area contributed by atoms with Gasteiger partial charge in [0.25, 0.3) is 0 Å². The van der Waals surface area contributed by atoms with Crippen molar-refractivity contribution < 1.29 is 17.9 Å². The highest BCUT2D eigenvalue weighted by Crippen LogP contribution is 2.29. The van der Waals surface area contributed by atoms with E-state index in [1.807, 2.05) is 18.4 Å². The van der Waals surface area contributed by atoms with Crippen LogP contribution >= 0.6 is 23.4 Å². The molecule has 0 aliphatic carbocycles. The Bertz CT molecular complexity index is 919. The largest absolute Gasteiger partial charge is 0.492 e. The number of halogens is 1. The number of carbonyl (C=O) groups is 1.